The minimum atomic E-state index is -2.74. The van der Waals surface area contributed by atoms with Crippen LogP contribution in [0.4, 0.5) is 8.78 Å². The maximum absolute atomic E-state index is 15.0. The molecule has 3 rings (SSSR count). The molecule has 1 saturated heterocycles. The number of halogens is 2. The van der Waals surface area contributed by atoms with Gasteiger partial charge in [-0.15, -0.1) is 5.10 Å². The Morgan fingerprint density at radius 1 is 1.24 bits per heavy atom. The Kier molecular flexibility index (Phi) is 6.30. The van der Waals surface area contributed by atoms with Gasteiger partial charge in [-0.2, -0.15) is 0 Å². The van der Waals surface area contributed by atoms with Crippen molar-refractivity contribution in [2.24, 2.45) is 5.92 Å². The Morgan fingerprint density at radius 3 is 2.48 bits per heavy atom. The van der Waals surface area contributed by atoms with E-state index in [2.05, 4.69) is 10.3 Å². The second-order valence-corrected chi connectivity index (χ2v) is 7.50. The maximum atomic E-state index is 15.0. The third-order valence-electron chi connectivity index (χ3n) is 5.38. The van der Waals surface area contributed by atoms with Crippen molar-refractivity contribution < 1.29 is 33.9 Å². The molecule has 8 nitrogen and oxygen atoms in total. The number of aliphatic hydroxyl groups excluding tert-OH is 4. The lowest BCUT2D eigenvalue weighted by atomic mass is 9.82. The quantitative estimate of drug-likeness (QED) is 0.552. The molecule has 160 valence electrons. The van der Waals surface area contributed by atoms with Crippen molar-refractivity contribution in [1.29, 1.82) is 0 Å². The first-order valence-corrected chi connectivity index (χ1v) is 9.29. The van der Waals surface area contributed by atoms with Gasteiger partial charge in [0.25, 0.3) is 0 Å². The fourth-order valence-electron chi connectivity index (χ4n) is 3.62. The van der Waals surface area contributed by atoms with Gasteiger partial charge >= 0.3 is 0 Å². The number of hydrogen-bond donors (Lipinski definition) is 4. The summed E-state index contributed by atoms with van der Waals surface area (Å²) in [4.78, 5) is 0. The molecule has 10 heteroatoms. The fourth-order valence-corrected chi connectivity index (χ4v) is 3.62. The molecule has 0 radical (unpaired) electrons. The third-order valence-corrected chi connectivity index (χ3v) is 5.38. The van der Waals surface area contributed by atoms with Crippen LogP contribution >= 0.6 is 0 Å². The molecule has 7 atom stereocenters. The van der Waals surface area contributed by atoms with E-state index in [0.717, 1.165) is 12.5 Å². The van der Waals surface area contributed by atoms with Crippen LogP contribution in [-0.4, -0.2) is 72.4 Å². The largest absolute Gasteiger partial charge is 0.394 e. The lowest BCUT2D eigenvalue weighted by molar-refractivity contribution is -0.288. The van der Waals surface area contributed by atoms with E-state index in [4.69, 9.17) is 14.9 Å². The van der Waals surface area contributed by atoms with Gasteiger partial charge in [0.05, 0.1) is 31.6 Å². The molecule has 2 unspecified atom stereocenters. The number of rotatable bonds is 6. The van der Waals surface area contributed by atoms with Gasteiger partial charge < -0.3 is 25.2 Å². The first-order chi connectivity index (χ1) is 13.7. The zero-order valence-corrected chi connectivity index (χ0v) is 16.1. The molecular formula is C19H25F2N3O5. The smallest absolute Gasteiger partial charge is 0.240 e. The average molecular weight is 413 g/mol. The lowest BCUT2D eigenvalue weighted by Crippen LogP contribution is -2.59. The Balaban J connectivity index is 1.91. The van der Waals surface area contributed by atoms with E-state index in [0.29, 0.717) is 11.3 Å². The molecule has 0 saturated carbocycles. The number of benzene rings is 1. The van der Waals surface area contributed by atoms with Crippen molar-refractivity contribution in [3.8, 4) is 11.3 Å². The van der Waals surface area contributed by atoms with E-state index >= 15 is 0 Å². The topological polar surface area (TPSA) is 121 Å². The van der Waals surface area contributed by atoms with Crippen LogP contribution in [0, 0.1) is 5.92 Å². The van der Waals surface area contributed by atoms with Crippen molar-refractivity contribution in [2.75, 3.05) is 6.61 Å². The zero-order valence-electron chi connectivity index (χ0n) is 16.1. The van der Waals surface area contributed by atoms with Gasteiger partial charge in [0.2, 0.25) is 5.85 Å². The number of alkyl halides is 2. The number of aliphatic hydroxyl groups is 4. The first-order valence-electron chi connectivity index (χ1n) is 9.29. The number of hydrogen-bond acceptors (Lipinski definition) is 7. The molecule has 1 fully saturated rings. The van der Waals surface area contributed by atoms with Crippen molar-refractivity contribution in [2.45, 2.75) is 56.8 Å². The molecule has 2 heterocycles. The van der Waals surface area contributed by atoms with Gasteiger partial charge in [-0.3, -0.25) is 0 Å². The van der Waals surface area contributed by atoms with Gasteiger partial charge in [-0.25, -0.2) is 13.5 Å². The number of nitrogens with zero attached hydrogens (tertiary/aromatic N) is 3. The van der Waals surface area contributed by atoms with Crippen molar-refractivity contribution in [1.82, 2.24) is 15.0 Å². The van der Waals surface area contributed by atoms with Crippen LogP contribution in [0.5, 0.6) is 0 Å². The van der Waals surface area contributed by atoms with Crippen molar-refractivity contribution in [3.05, 3.63) is 36.0 Å². The van der Waals surface area contributed by atoms with Crippen LogP contribution in [0.25, 0.3) is 11.3 Å². The molecule has 1 aromatic heterocycles. The molecule has 0 amide bonds. The summed E-state index contributed by atoms with van der Waals surface area (Å²) >= 11 is 0. The van der Waals surface area contributed by atoms with E-state index in [9.17, 15) is 19.0 Å². The summed E-state index contributed by atoms with van der Waals surface area (Å²) in [7, 11) is 0. The number of aromatic nitrogens is 3. The number of ether oxygens (including phenoxy) is 1. The summed E-state index contributed by atoms with van der Waals surface area (Å²) in [5, 5.41) is 46.2. The SMILES string of the molecule is C[C@H]1[C@H]([C@H](O)[C@H](O)CO)OC(C)(F)C(F)[C@@H]1n1cc(-c2ccc(CO)cc2)nn1. The summed E-state index contributed by atoms with van der Waals surface area (Å²) in [5.74, 6) is -3.54. The highest BCUT2D eigenvalue weighted by atomic mass is 19.2. The zero-order chi connectivity index (χ0) is 21.3. The molecule has 2 aromatic rings. The second-order valence-electron chi connectivity index (χ2n) is 7.50. The van der Waals surface area contributed by atoms with Gasteiger partial charge in [0, 0.05) is 11.5 Å². The van der Waals surface area contributed by atoms with Crippen molar-refractivity contribution in [3.63, 3.8) is 0 Å². The highest BCUT2D eigenvalue weighted by Crippen LogP contribution is 2.44. The molecule has 0 spiro atoms. The maximum Gasteiger partial charge on any atom is 0.240 e. The minimum Gasteiger partial charge on any atom is -0.394 e. The van der Waals surface area contributed by atoms with Crippen LogP contribution in [0.1, 0.15) is 25.5 Å². The molecule has 1 aliphatic heterocycles. The molecule has 0 bridgehead atoms. The predicted octanol–water partition coefficient (Wildman–Crippen LogP) is 0.751. The average Bonchev–Trinajstić information content (AvgIpc) is 3.19. The van der Waals surface area contributed by atoms with Gasteiger partial charge in [0.1, 0.15) is 17.9 Å². The molecule has 0 aliphatic carbocycles. The van der Waals surface area contributed by atoms with Gasteiger partial charge in [0.15, 0.2) is 6.17 Å². The first kappa shape index (κ1) is 21.7. The summed E-state index contributed by atoms with van der Waals surface area (Å²) < 4.78 is 36.1. The van der Waals surface area contributed by atoms with Crippen LogP contribution < -0.4 is 0 Å². The molecule has 29 heavy (non-hydrogen) atoms. The van der Waals surface area contributed by atoms with Crippen molar-refractivity contribution >= 4 is 0 Å². The Morgan fingerprint density at radius 2 is 1.90 bits per heavy atom. The molecule has 4 N–H and O–H groups in total. The second kappa shape index (κ2) is 8.41. The summed E-state index contributed by atoms with van der Waals surface area (Å²) in [6, 6.07) is 5.71. The predicted molar refractivity (Wildman–Crippen MR) is 98.0 cm³/mol. The molecule has 1 aromatic carbocycles. The van der Waals surface area contributed by atoms with E-state index in [-0.39, 0.29) is 6.61 Å². The lowest BCUT2D eigenvalue weighted by Gasteiger charge is -2.46. The summed E-state index contributed by atoms with van der Waals surface area (Å²) in [5.41, 5.74) is 1.82. The Bertz CT molecular complexity index is 816. The Labute approximate surface area is 166 Å². The summed E-state index contributed by atoms with van der Waals surface area (Å²) in [6.45, 7) is 1.60. The monoisotopic (exact) mass is 413 g/mol. The van der Waals surface area contributed by atoms with Gasteiger partial charge in [-0.05, 0) is 12.5 Å². The minimum absolute atomic E-state index is 0.103. The van der Waals surface area contributed by atoms with Crippen LogP contribution in [-0.2, 0) is 11.3 Å². The highest BCUT2D eigenvalue weighted by molar-refractivity contribution is 5.58. The van der Waals surface area contributed by atoms with E-state index in [1.54, 1.807) is 31.2 Å². The van der Waals surface area contributed by atoms with Crippen LogP contribution in [0.3, 0.4) is 0 Å². The highest BCUT2D eigenvalue weighted by Gasteiger charge is 2.55. The summed E-state index contributed by atoms with van der Waals surface area (Å²) in [6.07, 6.45) is -5.10. The van der Waals surface area contributed by atoms with E-state index in [1.165, 1.54) is 10.9 Å². The fraction of sp³-hybridized carbons (Fsp3) is 0.579. The van der Waals surface area contributed by atoms with Crippen LogP contribution in [0.15, 0.2) is 30.5 Å². The van der Waals surface area contributed by atoms with E-state index < -0.39 is 48.9 Å². The third kappa shape index (κ3) is 4.17. The van der Waals surface area contributed by atoms with Gasteiger partial charge in [-0.1, -0.05) is 36.4 Å². The molecular weight excluding hydrogens is 388 g/mol. The molecule has 1 aliphatic rings. The standard InChI is InChI=1S/C19H25F2N3O5/c1-10-15(18(20)19(2,21)29-17(10)16(28)14(27)9-26)24-7-13(22-23-24)12-5-3-11(8-25)4-6-12/h3-7,10,14-18,25-28H,8-9H2,1-2H3/t10-,14-,15-,16-,17-,18?,19?/m1/s1. The Hall–Kier alpha value is -1.98. The van der Waals surface area contributed by atoms with Crippen LogP contribution in [0.2, 0.25) is 0 Å². The van der Waals surface area contributed by atoms with E-state index in [1.807, 2.05) is 0 Å². The normalized spacial score (nSPS) is 32.1.